The molecule has 0 fully saturated rings. The van der Waals surface area contributed by atoms with Crippen molar-refractivity contribution in [3.63, 3.8) is 0 Å². The third kappa shape index (κ3) is 6.56. The lowest BCUT2D eigenvalue weighted by Crippen LogP contribution is -2.41. The van der Waals surface area contributed by atoms with Crippen molar-refractivity contribution in [1.82, 2.24) is 13.9 Å². The number of aryl methyl sites for hydroxylation is 1. The maximum absolute atomic E-state index is 12.3. The SMILES string of the molecule is Cc1ccccc1S(=O)(=O)NCCN(CCN(C)C)S(C)(=O)=O. The smallest absolute Gasteiger partial charge is 0.240 e. The Morgan fingerprint density at radius 3 is 2.13 bits per heavy atom. The van der Waals surface area contributed by atoms with Gasteiger partial charge in [-0.25, -0.2) is 21.6 Å². The molecule has 1 aromatic rings. The first-order chi connectivity index (χ1) is 10.5. The summed E-state index contributed by atoms with van der Waals surface area (Å²) in [5.41, 5.74) is 0.646. The van der Waals surface area contributed by atoms with Gasteiger partial charge in [0, 0.05) is 26.2 Å². The zero-order valence-electron chi connectivity index (χ0n) is 14.0. The molecule has 0 heterocycles. The maximum atomic E-state index is 12.3. The van der Waals surface area contributed by atoms with E-state index in [1.54, 1.807) is 25.1 Å². The molecule has 1 N–H and O–H groups in total. The molecule has 23 heavy (non-hydrogen) atoms. The lowest BCUT2D eigenvalue weighted by molar-refractivity contribution is 0.336. The van der Waals surface area contributed by atoms with Crippen molar-refractivity contribution in [2.24, 2.45) is 0 Å². The zero-order valence-corrected chi connectivity index (χ0v) is 15.6. The second-order valence-electron chi connectivity index (χ2n) is 5.63. The summed E-state index contributed by atoms with van der Waals surface area (Å²) < 4.78 is 51.8. The summed E-state index contributed by atoms with van der Waals surface area (Å²) in [7, 11) is -3.33. The first kappa shape index (κ1) is 20.0. The number of benzene rings is 1. The number of hydrogen-bond acceptors (Lipinski definition) is 5. The first-order valence-corrected chi connectivity index (χ1v) is 10.5. The Labute approximate surface area is 139 Å². The number of likely N-dealkylation sites (N-methyl/N-ethyl adjacent to an activating group) is 1. The third-order valence-corrected chi connectivity index (χ3v) is 6.23. The normalized spacial score (nSPS) is 13.0. The molecule has 7 nitrogen and oxygen atoms in total. The Kier molecular flexibility index (Phi) is 7.15. The highest BCUT2D eigenvalue weighted by Gasteiger charge is 2.19. The summed E-state index contributed by atoms with van der Waals surface area (Å²) in [5, 5.41) is 0. The summed E-state index contributed by atoms with van der Waals surface area (Å²) in [5.74, 6) is 0. The van der Waals surface area contributed by atoms with E-state index in [0.717, 1.165) is 6.26 Å². The topological polar surface area (TPSA) is 86.8 Å². The molecule has 0 aliphatic rings. The molecule has 9 heteroatoms. The van der Waals surface area contributed by atoms with Gasteiger partial charge in [-0.1, -0.05) is 18.2 Å². The molecule has 0 amide bonds. The quantitative estimate of drug-likeness (QED) is 0.672. The summed E-state index contributed by atoms with van der Waals surface area (Å²) >= 11 is 0. The summed E-state index contributed by atoms with van der Waals surface area (Å²) in [6.07, 6.45) is 1.12. The van der Waals surface area contributed by atoms with Crippen LogP contribution in [0.5, 0.6) is 0 Å². The highest BCUT2D eigenvalue weighted by atomic mass is 32.2. The van der Waals surface area contributed by atoms with Crippen LogP contribution in [0.1, 0.15) is 5.56 Å². The Morgan fingerprint density at radius 1 is 1.00 bits per heavy atom. The number of sulfonamides is 2. The minimum absolute atomic E-state index is 0.0250. The van der Waals surface area contributed by atoms with Gasteiger partial charge in [-0.2, -0.15) is 4.31 Å². The van der Waals surface area contributed by atoms with Crippen molar-refractivity contribution in [3.8, 4) is 0 Å². The van der Waals surface area contributed by atoms with E-state index >= 15 is 0 Å². The first-order valence-electron chi connectivity index (χ1n) is 7.19. The second-order valence-corrected chi connectivity index (χ2v) is 9.35. The molecule has 1 rings (SSSR count). The van der Waals surface area contributed by atoms with Gasteiger partial charge >= 0.3 is 0 Å². The monoisotopic (exact) mass is 363 g/mol. The lowest BCUT2D eigenvalue weighted by Gasteiger charge is -2.22. The van der Waals surface area contributed by atoms with E-state index in [0.29, 0.717) is 18.7 Å². The van der Waals surface area contributed by atoms with Crippen LogP contribution in [-0.2, 0) is 20.0 Å². The van der Waals surface area contributed by atoms with Gasteiger partial charge in [-0.05, 0) is 32.6 Å². The molecule has 0 spiro atoms. The van der Waals surface area contributed by atoms with Gasteiger partial charge in [0.15, 0.2) is 0 Å². The van der Waals surface area contributed by atoms with E-state index in [4.69, 9.17) is 0 Å². The van der Waals surface area contributed by atoms with Crippen LogP contribution < -0.4 is 4.72 Å². The van der Waals surface area contributed by atoms with Crippen LogP contribution in [0, 0.1) is 6.92 Å². The van der Waals surface area contributed by atoms with Crippen molar-refractivity contribution in [2.75, 3.05) is 46.5 Å². The molecular formula is C14H25N3O4S2. The minimum atomic E-state index is -3.65. The Balaban J connectivity index is 2.71. The van der Waals surface area contributed by atoms with E-state index in [9.17, 15) is 16.8 Å². The van der Waals surface area contributed by atoms with Crippen molar-refractivity contribution in [2.45, 2.75) is 11.8 Å². The highest BCUT2D eigenvalue weighted by Crippen LogP contribution is 2.13. The largest absolute Gasteiger partial charge is 0.308 e. The van der Waals surface area contributed by atoms with Crippen LogP contribution in [0.3, 0.4) is 0 Å². The average molecular weight is 364 g/mol. The zero-order chi connectivity index (χ0) is 17.7. The predicted molar refractivity (Wildman–Crippen MR) is 91.3 cm³/mol. The van der Waals surface area contributed by atoms with Gasteiger partial charge in [-0.15, -0.1) is 0 Å². The summed E-state index contributed by atoms with van der Waals surface area (Å²) in [4.78, 5) is 2.08. The Bertz CT molecular complexity index is 715. The van der Waals surface area contributed by atoms with Crippen molar-refractivity contribution < 1.29 is 16.8 Å². The van der Waals surface area contributed by atoms with Crippen LogP contribution in [0.15, 0.2) is 29.2 Å². The van der Waals surface area contributed by atoms with Crippen molar-refractivity contribution in [3.05, 3.63) is 29.8 Å². The van der Waals surface area contributed by atoms with E-state index < -0.39 is 20.0 Å². The molecule has 0 aliphatic heterocycles. The molecule has 0 aromatic heterocycles. The molecule has 0 bridgehead atoms. The molecule has 0 unspecified atom stereocenters. The van der Waals surface area contributed by atoms with Gasteiger partial charge in [0.05, 0.1) is 11.2 Å². The Morgan fingerprint density at radius 2 is 1.61 bits per heavy atom. The molecule has 0 atom stereocenters. The fourth-order valence-corrected chi connectivity index (χ4v) is 4.10. The molecule has 1 aromatic carbocycles. The number of rotatable bonds is 9. The van der Waals surface area contributed by atoms with Gasteiger partial charge in [-0.3, -0.25) is 0 Å². The minimum Gasteiger partial charge on any atom is -0.308 e. The lowest BCUT2D eigenvalue weighted by atomic mass is 10.2. The fourth-order valence-electron chi connectivity index (χ4n) is 2.00. The number of nitrogens with one attached hydrogen (secondary N) is 1. The molecule has 0 radical (unpaired) electrons. The van der Waals surface area contributed by atoms with Crippen LogP contribution in [-0.4, -0.2) is 72.6 Å². The van der Waals surface area contributed by atoms with Gasteiger partial charge < -0.3 is 4.90 Å². The number of hydrogen-bond donors (Lipinski definition) is 1. The Hall–Kier alpha value is -1.00. The third-order valence-electron chi connectivity index (χ3n) is 3.30. The van der Waals surface area contributed by atoms with Crippen LogP contribution in [0.2, 0.25) is 0 Å². The maximum Gasteiger partial charge on any atom is 0.240 e. The molecule has 0 saturated carbocycles. The van der Waals surface area contributed by atoms with Crippen molar-refractivity contribution in [1.29, 1.82) is 0 Å². The molecule has 0 saturated heterocycles. The van der Waals surface area contributed by atoms with Crippen LogP contribution in [0.4, 0.5) is 0 Å². The van der Waals surface area contributed by atoms with Crippen LogP contribution in [0.25, 0.3) is 0 Å². The van der Waals surface area contributed by atoms with E-state index in [1.807, 2.05) is 19.0 Å². The van der Waals surface area contributed by atoms with E-state index in [2.05, 4.69) is 4.72 Å². The highest BCUT2D eigenvalue weighted by molar-refractivity contribution is 7.89. The predicted octanol–water partition coefficient (Wildman–Crippen LogP) is 0.0965. The van der Waals surface area contributed by atoms with Gasteiger partial charge in [0.1, 0.15) is 0 Å². The summed E-state index contributed by atoms with van der Waals surface area (Å²) in [6, 6.07) is 6.66. The number of nitrogens with zero attached hydrogens (tertiary/aromatic N) is 2. The van der Waals surface area contributed by atoms with Crippen LogP contribution >= 0.6 is 0 Å². The molecule has 0 aliphatic carbocycles. The standard InChI is InChI=1S/C14H25N3O4S2/c1-13-7-5-6-8-14(13)23(20,21)15-9-10-17(22(4,18)19)12-11-16(2)3/h5-8,15H,9-12H2,1-4H3. The summed E-state index contributed by atoms with van der Waals surface area (Å²) in [6.45, 7) is 2.72. The van der Waals surface area contributed by atoms with Gasteiger partial charge in [0.2, 0.25) is 20.0 Å². The fraction of sp³-hybridized carbons (Fsp3) is 0.571. The van der Waals surface area contributed by atoms with E-state index in [-0.39, 0.29) is 18.0 Å². The second kappa shape index (κ2) is 8.20. The van der Waals surface area contributed by atoms with Gasteiger partial charge in [0.25, 0.3) is 0 Å². The van der Waals surface area contributed by atoms with E-state index in [1.165, 1.54) is 10.4 Å². The molecular weight excluding hydrogens is 338 g/mol. The average Bonchev–Trinajstić information content (AvgIpc) is 2.41. The molecule has 132 valence electrons. The van der Waals surface area contributed by atoms with Crippen molar-refractivity contribution >= 4 is 20.0 Å².